The van der Waals surface area contributed by atoms with Crippen LogP contribution in [0.5, 0.6) is 5.75 Å². The van der Waals surface area contributed by atoms with Crippen LogP contribution in [0.25, 0.3) is 11.4 Å². The molecule has 2 heterocycles. The minimum absolute atomic E-state index is 0.102. The topological polar surface area (TPSA) is 72.3 Å². The van der Waals surface area contributed by atoms with Crippen LogP contribution in [0.2, 0.25) is 0 Å². The van der Waals surface area contributed by atoms with Crippen molar-refractivity contribution in [3.05, 3.63) is 59.9 Å². The van der Waals surface area contributed by atoms with Crippen LogP contribution in [-0.4, -0.2) is 45.9 Å². The van der Waals surface area contributed by atoms with E-state index in [0.717, 1.165) is 34.2 Å². The SMILES string of the molecule is COc1ccc(NC(=O)N2CC(c3nc(-c4ccccc4)nn3C)C2)c(C)c1. The summed E-state index contributed by atoms with van der Waals surface area (Å²) in [4.78, 5) is 19.0. The first-order valence-electron chi connectivity index (χ1n) is 9.22. The number of carbonyl (C=O) groups is 1. The smallest absolute Gasteiger partial charge is 0.321 e. The summed E-state index contributed by atoms with van der Waals surface area (Å²) in [5.74, 6) is 2.59. The molecule has 144 valence electrons. The molecule has 0 saturated carbocycles. The Hall–Kier alpha value is -3.35. The number of carbonyl (C=O) groups excluding carboxylic acids is 1. The van der Waals surface area contributed by atoms with Crippen molar-refractivity contribution in [2.24, 2.45) is 7.05 Å². The van der Waals surface area contributed by atoms with E-state index < -0.39 is 0 Å². The van der Waals surface area contributed by atoms with Crippen LogP contribution in [0.4, 0.5) is 10.5 Å². The van der Waals surface area contributed by atoms with Crippen LogP contribution in [0, 0.1) is 6.92 Å². The van der Waals surface area contributed by atoms with Gasteiger partial charge < -0.3 is 15.0 Å². The van der Waals surface area contributed by atoms with Gasteiger partial charge in [-0.2, -0.15) is 5.10 Å². The molecule has 2 aromatic carbocycles. The highest BCUT2D eigenvalue weighted by Crippen LogP contribution is 2.28. The van der Waals surface area contributed by atoms with Crippen molar-refractivity contribution in [1.82, 2.24) is 19.7 Å². The molecule has 3 aromatic rings. The lowest BCUT2D eigenvalue weighted by atomic mass is 10.00. The van der Waals surface area contributed by atoms with Crippen LogP contribution in [0.3, 0.4) is 0 Å². The van der Waals surface area contributed by atoms with Gasteiger partial charge in [0.05, 0.1) is 13.0 Å². The summed E-state index contributed by atoms with van der Waals surface area (Å²) >= 11 is 0. The Labute approximate surface area is 164 Å². The lowest BCUT2D eigenvalue weighted by Crippen LogP contribution is -2.51. The third-order valence-electron chi connectivity index (χ3n) is 5.04. The van der Waals surface area contributed by atoms with Crippen molar-refractivity contribution in [3.63, 3.8) is 0 Å². The van der Waals surface area contributed by atoms with Crippen LogP contribution in [-0.2, 0) is 7.05 Å². The molecule has 0 spiro atoms. The first-order valence-corrected chi connectivity index (χ1v) is 9.22. The van der Waals surface area contributed by atoms with Crippen LogP contribution in [0.15, 0.2) is 48.5 Å². The number of benzene rings is 2. The number of rotatable bonds is 4. The molecule has 1 aromatic heterocycles. The van der Waals surface area contributed by atoms with E-state index in [2.05, 4.69) is 10.4 Å². The second-order valence-corrected chi connectivity index (χ2v) is 7.00. The number of amides is 2. The van der Waals surface area contributed by atoms with Gasteiger partial charge in [0.2, 0.25) is 0 Å². The van der Waals surface area contributed by atoms with Crippen LogP contribution < -0.4 is 10.1 Å². The fourth-order valence-electron chi connectivity index (χ4n) is 3.37. The maximum atomic E-state index is 12.5. The molecular weight excluding hydrogens is 354 g/mol. The number of likely N-dealkylation sites (tertiary alicyclic amines) is 1. The van der Waals surface area contributed by atoms with Gasteiger partial charge in [0.1, 0.15) is 11.6 Å². The Kier molecular flexibility index (Phi) is 4.73. The highest BCUT2D eigenvalue weighted by molar-refractivity contribution is 5.90. The monoisotopic (exact) mass is 377 g/mol. The molecule has 1 aliphatic rings. The maximum Gasteiger partial charge on any atom is 0.321 e. The average molecular weight is 377 g/mol. The molecule has 0 atom stereocenters. The summed E-state index contributed by atoms with van der Waals surface area (Å²) < 4.78 is 7.02. The van der Waals surface area contributed by atoms with E-state index in [-0.39, 0.29) is 11.9 Å². The highest BCUT2D eigenvalue weighted by atomic mass is 16.5. The van der Waals surface area contributed by atoms with Crippen molar-refractivity contribution >= 4 is 11.7 Å². The number of hydrogen-bond acceptors (Lipinski definition) is 4. The fraction of sp³-hybridized carbons (Fsp3) is 0.286. The zero-order valence-corrected chi connectivity index (χ0v) is 16.2. The van der Waals surface area contributed by atoms with Crippen molar-refractivity contribution in [2.75, 3.05) is 25.5 Å². The van der Waals surface area contributed by atoms with E-state index in [4.69, 9.17) is 9.72 Å². The van der Waals surface area contributed by atoms with Gasteiger partial charge in [0, 0.05) is 31.4 Å². The molecule has 7 heteroatoms. The zero-order valence-electron chi connectivity index (χ0n) is 16.2. The van der Waals surface area contributed by atoms with Gasteiger partial charge in [-0.05, 0) is 30.7 Å². The van der Waals surface area contributed by atoms with E-state index in [1.54, 1.807) is 12.0 Å². The van der Waals surface area contributed by atoms with Gasteiger partial charge in [-0.25, -0.2) is 9.78 Å². The molecule has 4 rings (SSSR count). The molecule has 0 bridgehead atoms. The molecule has 28 heavy (non-hydrogen) atoms. The van der Waals surface area contributed by atoms with E-state index in [1.165, 1.54) is 0 Å². The molecule has 1 aliphatic heterocycles. The quantitative estimate of drug-likeness (QED) is 0.756. The summed E-state index contributed by atoms with van der Waals surface area (Å²) in [5, 5.41) is 7.49. The van der Waals surface area contributed by atoms with Gasteiger partial charge in [-0.1, -0.05) is 30.3 Å². The number of nitrogens with zero attached hydrogens (tertiary/aromatic N) is 4. The van der Waals surface area contributed by atoms with Crippen LogP contribution in [0.1, 0.15) is 17.3 Å². The number of aryl methyl sites for hydroxylation is 2. The van der Waals surface area contributed by atoms with Crippen molar-refractivity contribution in [2.45, 2.75) is 12.8 Å². The Morgan fingerprint density at radius 2 is 1.93 bits per heavy atom. The molecule has 1 saturated heterocycles. The highest BCUT2D eigenvalue weighted by Gasteiger charge is 2.35. The van der Waals surface area contributed by atoms with E-state index in [1.807, 2.05) is 67.2 Å². The Morgan fingerprint density at radius 3 is 2.61 bits per heavy atom. The molecule has 1 fully saturated rings. The number of nitrogens with one attached hydrogen (secondary N) is 1. The first kappa shape index (κ1) is 18.0. The van der Waals surface area contributed by atoms with Crippen LogP contribution >= 0.6 is 0 Å². The predicted octanol–water partition coefficient (Wildman–Crippen LogP) is 3.43. The van der Waals surface area contributed by atoms with Crippen molar-refractivity contribution in [3.8, 4) is 17.1 Å². The normalized spacial score (nSPS) is 13.9. The van der Waals surface area contributed by atoms with Gasteiger partial charge in [-0.3, -0.25) is 4.68 Å². The molecule has 7 nitrogen and oxygen atoms in total. The first-order chi connectivity index (χ1) is 13.5. The minimum atomic E-state index is -0.102. The number of hydrogen-bond donors (Lipinski definition) is 1. The number of aromatic nitrogens is 3. The van der Waals surface area contributed by atoms with E-state index in [0.29, 0.717) is 13.1 Å². The zero-order chi connectivity index (χ0) is 19.7. The summed E-state index contributed by atoms with van der Waals surface area (Å²) in [6.07, 6.45) is 0. The predicted molar refractivity (Wildman–Crippen MR) is 108 cm³/mol. The second kappa shape index (κ2) is 7.34. The Bertz CT molecular complexity index is 993. The minimum Gasteiger partial charge on any atom is -0.497 e. The van der Waals surface area contributed by atoms with E-state index in [9.17, 15) is 4.79 Å². The van der Waals surface area contributed by atoms with Gasteiger partial charge in [0.25, 0.3) is 0 Å². The number of urea groups is 1. The number of ether oxygens (including phenoxy) is 1. The van der Waals surface area contributed by atoms with Gasteiger partial charge in [0.15, 0.2) is 5.82 Å². The molecular formula is C21H23N5O2. The lowest BCUT2D eigenvalue weighted by molar-refractivity contribution is 0.159. The second-order valence-electron chi connectivity index (χ2n) is 7.00. The lowest BCUT2D eigenvalue weighted by Gasteiger charge is -2.38. The molecule has 1 N–H and O–H groups in total. The number of methoxy groups -OCH3 is 1. The summed E-state index contributed by atoms with van der Waals surface area (Å²) in [6, 6.07) is 15.4. The Morgan fingerprint density at radius 1 is 1.18 bits per heavy atom. The summed E-state index contributed by atoms with van der Waals surface area (Å²) in [7, 11) is 3.53. The molecule has 0 aliphatic carbocycles. The summed E-state index contributed by atoms with van der Waals surface area (Å²) in [5.41, 5.74) is 2.75. The standard InChI is InChI=1S/C21H23N5O2/c1-14-11-17(28-3)9-10-18(14)22-21(27)26-12-16(13-26)20-23-19(24-25(20)2)15-7-5-4-6-8-15/h4-11,16H,12-13H2,1-3H3,(H,22,27). The van der Waals surface area contributed by atoms with Gasteiger partial charge >= 0.3 is 6.03 Å². The van der Waals surface area contributed by atoms with Gasteiger partial charge in [-0.15, -0.1) is 0 Å². The largest absolute Gasteiger partial charge is 0.497 e. The molecule has 2 amide bonds. The van der Waals surface area contributed by atoms with Crippen molar-refractivity contribution in [1.29, 1.82) is 0 Å². The fourth-order valence-corrected chi connectivity index (χ4v) is 3.37. The summed E-state index contributed by atoms with van der Waals surface area (Å²) in [6.45, 7) is 3.20. The molecule has 0 radical (unpaired) electrons. The third-order valence-corrected chi connectivity index (χ3v) is 5.04. The van der Waals surface area contributed by atoms with E-state index >= 15 is 0 Å². The number of anilines is 1. The van der Waals surface area contributed by atoms with Crippen molar-refractivity contribution < 1.29 is 9.53 Å². The Balaban J connectivity index is 1.39. The third kappa shape index (κ3) is 3.43. The molecule has 0 unspecified atom stereocenters. The maximum absolute atomic E-state index is 12.5. The average Bonchev–Trinajstić information content (AvgIpc) is 3.04.